The fourth-order valence-corrected chi connectivity index (χ4v) is 1.75. The lowest BCUT2D eigenvalue weighted by atomic mass is 10.2. The van der Waals surface area contributed by atoms with Crippen molar-refractivity contribution in [2.24, 2.45) is 5.73 Å². The van der Waals surface area contributed by atoms with Crippen molar-refractivity contribution in [2.75, 3.05) is 13.1 Å². The number of amides is 1. The molecule has 0 fully saturated rings. The lowest BCUT2D eigenvalue weighted by molar-refractivity contribution is -0.121. The molecule has 2 rings (SSSR count). The third-order valence-corrected chi connectivity index (χ3v) is 2.66. The van der Waals surface area contributed by atoms with Crippen LogP contribution in [0.4, 0.5) is 0 Å². The largest absolute Gasteiger partial charge is 0.353 e. The van der Waals surface area contributed by atoms with Crippen LogP contribution in [0.2, 0.25) is 0 Å². The molecule has 0 spiro atoms. The fraction of sp³-hybridized carbons (Fsp3) is 0.250. The molecule has 0 aliphatic rings. The highest BCUT2D eigenvalue weighted by Gasteiger charge is 2.10. The van der Waals surface area contributed by atoms with Crippen molar-refractivity contribution in [3.05, 3.63) is 45.1 Å². The van der Waals surface area contributed by atoms with Crippen LogP contribution in [0.15, 0.2) is 33.9 Å². The van der Waals surface area contributed by atoms with E-state index in [1.165, 1.54) is 0 Å². The summed E-state index contributed by atoms with van der Waals surface area (Å²) in [4.78, 5) is 38.0. The number of hydrogen-bond donors (Lipinski definition) is 3. The molecule has 0 aliphatic carbocycles. The fourth-order valence-electron chi connectivity index (χ4n) is 1.75. The van der Waals surface area contributed by atoms with Crippen LogP contribution in [0.3, 0.4) is 0 Å². The van der Waals surface area contributed by atoms with Gasteiger partial charge in [-0.3, -0.25) is 14.2 Å². The molecule has 0 radical (unpaired) electrons. The van der Waals surface area contributed by atoms with Gasteiger partial charge in [-0.2, -0.15) is 0 Å². The number of halogens is 1. The molecule has 8 heteroatoms. The number of fused-ring (bicyclic) bond motifs is 1. The first-order valence-electron chi connectivity index (χ1n) is 5.82. The van der Waals surface area contributed by atoms with E-state index in [9.17, 15) is 14.4 Å². The minimum atomic E-state index is -0.605. The van der Waals surface area contributed by atoms with Crippen molar-refractivity contribution in [3.63, 3.8) is 0 Å². The Hall–Kier alpha value is -2.12. The Morgan fingerprint density at radius 2 is 2.00 bits per heavy atom. The van der Waals surface area contributed by atoms with Crippen LogP contribution in [0.25, 0.3) is 10.9 Å². The summed E-state index contributed by atoms with van der Waals surface area (Å²) in [5, 5.41) is 2.88. The highest BCUT2D eigenvalue weighted by atomic mass is 35.5. The van der Waals surface area contributed by atoms with Gasteiger partial charge >= 0.3 is 5.69 Å². The van der Waals surface area contributed by atoms with Gasteiger partial charge in [-0.15, -0.1) is 12.4 Å². The van der Waals surface area contributed by atoms with Gasteiger partial charge in [0.1, 0.15) is 6.54 Å². The topological polar surface area (TPSA) is 110 Å². The van der Waals surface area contributed by atoms with Gasteiger partial charge in [-0.25, -0.2) is 4.79 Å². The Labute approximate surface area is 120 Å². The minimum absolute atomic E-state index is 0. The van der Waals surface area contributed by atoms with E-state index in [4.69, 9.17) is 5.73 Å². The van der Waals surface area contributed by atoms with Crippen LogP contribution in [0, 0.1) is 0 Å². The van der Waals surface area contributed by atoms with E-state index >= 15 is 0 Å². The van der Waals surface area contributed by atoms with E-state index in [0.717, 1.165) is 4.57 Å². The molecule has 0 bridgehead atoms. The molecule has 0 saturated heterocycles. The van der Waals surface area contributed by atoms with Gasteiger partial charge in [0, 0.05) is 13.1 Å². The second-order valence-electron chi connectivity index (χ2n) is 4.01. The van der Waals surface area contributed by atoms with Gasteiger partial charge < -0.3 is 16.0 Å². The lowest BCUT2D eigenvalue weighted by Gasteiger charge is -2.06. The van der Waals surface area contributed by atoms with Crippen molar-refractivity contribution < 1.29 is 4.79 Å². The number of aromatic nitrogens is 2. The first kappa shape index (κ1) is 15.9. The van der Waals surface area contributed by atoms with E-state index in [1.807, 2.05) is 0 Å². The van der Waals surface area contributed by atoms with Crippen molar-refractivity contribution in [3.8, 4) is 0 Å². The molecule has 1 aromatic heterocycles. The summed E-state index contributed by atoms with van der Waals surface area (Å²) in [6.45, 7) is 0.285. The third-order valence-electron chi connectivity index (χ3n) is 2.66. The average molecular weight is 299 g/mol. The maximum absolute atomic E-state index is 12.1. The van der Waals surface area contributed by atoms with Crippen LogP contribution >= 0.6 is 12.4 Å². The Morgan fingerprint density at radius 3 is 2.70 bits per heavy atom. The molecule has 2 aromatic rings. The number of carbonyl (C=O) groups is 1. The molecule has 0 unspecified atom stereocenters. The van der Waals surface area contributed by atoms with E-state index in [-0.39, 0.29) is 19.0 Å². The highest BCUT2D eigenvalue weighted by Crippen LogP contribution is 2.02. The summed E-state index contributed by atoms with van der Waals surface area (Å²) in [5.74, 6) is -0.423. The normalized spacial score (nSPS) is 10.1. The van der Waals surface area contributed by atoms with E-state index in [0.29, 0.717) is 24.0 Å². The number of nitrogens with two attached hydrogens (primary N) is 1. The van der Waals surface area contributed by atoms with E-state index in [2.05, 4.69) is 10.3 Å². The summed E-state index contributed by atoms with van der Waals surface area (Å²) >= 11 is 0. The molecular formula is C12H15ClN4O3. The monoisotopic (exact) mass is 298 g/mol. The summed E-state index contributed by atoms with van der Waals surface area (Å²) in [6.07, 6.45) is 0. The maximum atomic E-state index is 12.1. The first-order chi connectivity index (χ1) is 9.13. The van der Waals surface area contributed by atoms with Gasteiger partial charge in [0.05, 0.1) is 10.9 Å². The molecule has 4 N–H and O–H groups in total. The zero-order valence-corrected chi connectivity index (χ0v) is 11.4. The lowest BCUT2D eigenvalue weighted by Crippen LogP contribution is -2.41. The molecule has 0 saturated carbocycles. The Kier molecular flexibility index (Phi) is 5.48. The van der Waals surface area contributed by atoms with Crippen LogP contribution in [0.1, 0.15) is 0 Å². The maximum Gasteiger partial charge on any atom is 0.329 e. The second-order valence-corrected chi connectivity index (χ2v) is 4.01. The second kappa shape index (κ2) is 6.88. The number of hydrogen-bond acceptors (Lipinski definition) is 4. The van der Waals surface area contributed by atoms with Gasteiger partial charge in [0.2, 0.25) is 5.91 Å². The average Bonchev–Trinajstić information content (AvgIpc) is 2.41. The molecule has 0 aliphatic heterocycles. The van der Waals surface area contributed by atoms with Crippen molar-refractivity contribution in [1.82, 2.24) is 14.9 Å². The van der Waals surface area contributed by atoms with Gasteiger partial charge in [-0.1, -0.05) is 12.1 Å². The highest BCUT2D eigenvalue weighted by molar-refractivity contribution is 5.85. The molecule has 1 heterocycles. The SMILES string of the molecule is Cl.NCCNC(=O)Cn1c(=O)[nH]c2ccccc2c1=O. The van der Waals surface area contributed by atoms with Crippen LogP contribution in [0.5, 0.6) is 0 Å². The Bertz CT molecular complexity index is 722. The number of nitrogens with one attached hydrogen (secondary N) is 2. The number of aromatic amines is 1. The Morgan fingerprint density at radius 1 is 1.30 bits per heavy atom. The number of H-pyrrole nitrogens is 1. The number of benzene rings is 1. The molecule has 1 aromatic carbocycles. The molecule has 1 amide bonds. The third kappa shape index (κ3) is 3.25. The molecular weight excluding hydrogens is 284 g/mol. The van der Waals surface area contributed by atoms with Crippen molar-refractivity contribution in [1.29, 1.82) is 0 Å². The quantitative estimate of drug-likeness (QED) is 0.685. The number of para-hydroxylation sites is 1. The van der Waals surface area contributed by atoms with Crippen LogP contribution < -0.4 is 22.3 Å². The van der Waals surface area contributed by atoms with E-state index < -0.39 is 17.2 Å². The van der Waals surface area contributed by atoms with Crippen molar-refractivity contribution in [2.45, 2.75) is 6.54 Å². The Balaban J connectivity index is 0.00000200. The number of nitrogens with zero attached hydrogens (tertiary/aromatic N) is 1. The van der Waals surface area contributed by atoms with Gasteiger partial charge in [-0.05, 0) is 12.1 Å². The number of rotatable bonds is 4. The zero-order chi connectivity index (χ0) is 13.8. The summed E-state index contributed by atoms with van der Waals surface area (Å²) in [7, 11) is 0. The molecule has 20 heavy (non-hydrogen) atoms. The zero-order valence-electron chi connectivity index (χ0n) is 10.6. The van der Waals surface area contributed by atoms with E-state index in [1.54, 1.807) is 24.3 Å². The first-order valence-corrected chi connectivity index (χ1v) is 5.82. The molecule has 0 atom stereocenters. The summed E-state index contributed by atoms with van der Waals surface area (Å²) < 4.78 is 0.869. The van der Waals surface area contributed by atoms with Gasteiger partial charge in [0.25, 0.3) is 5.56 Å². The summed E-state index contributed by atoms with van der Waals surface area (Å²) in [6, 6.07) is 6.65. The van der Waals surface area contributed by atoms with Crippen molar-refractivity contribution >= 4 is 29.2 Å². The number of carbonyl (C=O) groups excluding carboxylic acids is 1. The minimum Gasteiger partial charge on any atom is -0.353 e. The van der Waals surface area contributed by atoms with Crippen LogP contribution in [-0.4, -0.2) is 28.5 Å². The molecule has 108 valence electrons. The summed E-state index contributed by atoms with van der Waals surface area (Å²) in [5.41, 5.74) is 4.62. The van der Waals surface area contributed by atoms with Gasteiger partial charge in [0.15, 0.2) is 0 Å². The standard InChI is InChI=1S/C12H14N4O3.ClH/c13-5-6-14-10(17)7-16-11(18)8-3-1-2-4-9(8)15-12(16)19;/h1-4H,5-7,13H2,(H,14,17)(H,15,19);1H. The predicted molar refractivity (Wildman–Crippen MR) is 78.1 cm³/mol. The smallest absolute Gasteiger partial charge is 0.329 e. The predicted octanol–water partition coefficient (Wildman–Crippen LogP) is -0.813. The molecule has 7 nitrogen and oxygen atoms in total. The van der Waals surface area contributed by atoms with Crippen LogP contribution in [-0.2, 0) is 11.3 Å².